The van der Waals surface area contributed by atoms with Crippen LogP contribution in [0.5, 0.6) is 0 Å². The zero-order valence-electron chi connectivity index (χ0n) is 11.2. The van der Waals surface area contributed by atoms with Crippen molar-refractivity contribution in [2.75, 3.05) is 0 Å². The van der Waals surface area contributed by atoms with Gasteiger partial charge in [-0.2, -0.15) is 0 Å². The predicted molar refractivity (Wildman–Crippen MR) is 81.6 cm³/mol. The van der Waals surface area contributed by atoms with Gasteiger partial charge in [0.05, 0.1) is 11.6 Å². The summed E-state index contributed by atoms with van der Waals surface area (Å²) in [6, 6.07) is 2.84. The van der Waals surface area contributed by atoms with Crippen LogP contribution in [0.15, 0.2) is 29.4 Å². The molecule has 0 saturated heterocycles. The van der Waals surface area contributed by atoms with Gasteiger partial charge in [-0.25, -0.2) is 18.1 Å². The van der Waals surface area contributed by atoms with Crippen LogP contribution in [0.1, 0.15) is 11.4 Å². The van der Waals surface area contributed by atoms with E-state index < -0.39 is 10.0 Å². The van der Waals surface area contributed by atoms with Crippen molar-refractivity contribution in [3.05, 3.63) is 46.0 Å². The lowest BCUT2D eigenvalue weighted by molar-refractivity contribution is 0.577. The molecule has 0 spiro atoms. The molecule has 0 bridgehead atoms. The van der Waals surface area contributed by atoms with Crippen molar-refractivity contribution in [2.24, 2.45) is 12.8 Å². The first-order valence-electron chi connectivity index (χ1n) is 5.99. The second-order valence-corrected chi connectivity index (χ2v) is 6.91. The molecule has 21 heavy (non-hydrogen) atoms. The van der Waals surface area contributed by atoms with Crippen LogP contribution in [0.2, 0.25) is 10.0 Å². The fraction of sp³-hybridized carbons (Fsp3) is 0.250. The minimum atomic E-state index is -3.81. The average Bonchev–Trinajstić information content (AvgIpc) is 2.84. The van der Waals surface area contributed by atoms with Crippen LogP contribution >= 0.6 is 23.2 Å². The molecule has 0 amide bonds. The molecule has 3 N–H and O–H groups in total. The smallest absolute Gasteiger partial charge is 0.242 e. The second-order valence-electron chi connectivity index (χ2n) is 4.36. The van der Waals surface area contributed by atoms with Gasteiger partial charge in [-0.05, 0) is 17.7 Å². The number of hydrogen-bond acceptors (Lipinski definition) is 4. The molecule has 0 aliphatic heterocycles. The highest BCUT2D eigenvalue weighted by Crippen LogP contribution is 2.29. The van der Waals surface area contributed by atoms with Gasteiger partial charge in [0.15, 0.2) is 0 Å². The van der Waals surface area contributed by atoms with Crippen LogP contribution in [0.25, 0.3) is 0 Å². The lowest BCUT2D eigenvalue weighted by atomic mass is 10.2. The van der Waals surface area contributed by atoms with Crippen molar-refractivity contribution >= 4 is 33.2 Å². The number of nitrogens with two attached hydrogens (primary N) is 1. The Morgan fingerprint density at radius 3 is 2.67 bits per heavy atom. The van der Waals surface area contributed by atoms with Gasteiger partial charge in [0.2, 0.25) is 10.0 Å². The highest BCUT2D eigenvalue weighted by molar-refractivity contribution is 7.89. The van der Waals surface area contributed by atoms with Crippen LogP contribution < -0.4 is 10.5 Å². The predicted octanol–water partition coefficient (Wildman–Crippen LogP) is 1.66. The number of hydrogen-bond donors (Lipinski definition) is 2. The fourth-order valence-corrected chi connectivity index (χ4v) is 3.69. The summed E-state index contributed by atoms with van der Waals surface area (Å²) in [5.41, 5.74) is 6.00. The number of nitrogens with zero attached hydrogens (tertiary/aromatic N) is 2. The number of benzene rings is 1. The molecule has 1 aromatic heterocycles. The van der Waals surface area contributed by atoms with Gasteiger partial charge in [-0.15, -0.1) is 0 Å². The van der Waals surface area contributed by atoms with Gasteiger partial charge in [0.1, 0.15) is 10.7 Å². The molecule has 1 heterocycles. The Labute approximate surface area is 132 Å². The molecular formula is C12H14Cl2N4O2S. The number of sulfonamides is 1. The molecule has 2 rings (SSSR count). The van der Waals surface area contributed by atoms with Gasteiger partial charge < -0.3 is 10.3 Å². The van der Waals surface area contributed by atoms with Gasteiger partial charge in [-0.3, -0.25) is 0 Å². The molecule has 0 aliphatic rings. The van der Waals surface area contributed by atoms with Crippen molar-refractivity contribution in [1.82, 2.24) is 14.3 Å². The van der Waals surface area contributed by atoms with E-state index in [0.29, 0.717) is 11.4 Å². The Hall–Kier alpha value is -1.12. The molecule has 0 unspecified atom stereocenters. The van der Waals surface area contributed by atoms with Crippen molar-refractivity contribution in [3.63, 3.8) is 0 Å². The van der Waals surface area contributed by atoms with Crippen molar-refractivity contribution in [3.8, 4) is 0 Å². The molecule has 114 valence electrons. The van der Waals surface area contributed by atoms with Gasteiger partial charge in [-0.1, -0.05) is 23.2 Å². The number of aromatic nitrogens is 2. The highest BCUT2D eigenvalue weighted by atomic mass is 35.5. The van der Waals surface area contributed by atoms with E-state index in [2.05, 4.69) is 9.71 Å². The summed E-state index contributed by atoms with van der Waals surface area (Å²) in [5, 5.41) is 0.339. The second kappa shape index (κ2) is 6.33. The number of imidazole rings is 1. The van der Waals surface area contributed by atoms with E-state index in [0.717, 1.165) is 0 Å². The third-order valence-electron chi connectivity index (χ3n) is 2.93. The average molecular weight is 349 g/mol. The number of halogens is 2. The largest absolute Gasteiger partial charge is 0.337 e. The zero-order chi connectivity index (χ0) is 15.6. The molecule has 0 fully saturated rings. The Kier molecular flexibility index (Phi) is 4.90. The van der Waals surface area contributed by atoms with E-state index in [1.165, 1.54) is 6.07 Å². The van der Waals surface area contributed by atoms with Crippen LogP contribution in [0.3, 0.4) is 0 Å². The summed E-state index contributed by atoms with van der Waals surface area (Å²) in [5.74, 6) is 0.579. The van der Waals surface area contributed by atoms with E-state index in [9.17, 15) is 8.42 Å². The summed E-state index contributed by atoms with van der Waals surface area (Å²) >= 11 is 12.0. The molecule has 0 saturated carbocycles. The Morgan fingerprint density at radius 1 is 1.38 bits per heavy atom. The Bertz CT molecular complexity index is 759. The Morgan fingerprint density at radius 2 is 2.10 bits per heavy atom. The fourth-order valence-electron chi connectivity index (χ4n) is 1.77. The summed E-state index contributed by atoms with van der Waals surface area (Å²) in [7, 11) is -2.04. The van der Waals surface area contributed by atoms with Crippen LogP contribution in [-0.4, -0.2) is 18.0 Å². The number of rotatable bonds is 5. The summed E-state index contributed by atoms with van der Waals surface area (Å²) in [6.45, 7) is 0.147. The van der Waals surface area contributed by atoms with Gasteiger partial charge in [0.25, 0.3) is 0 Å². The lowest BCUT2D eigenvalue weighted by Gasteiger charge is -2.11. The van der Waals surface area contributed by atoms with E-state index in [-0.39, 0.29) is 28.0 Å². The maximum atomic E-state index is 12.3. The molecule has 0 aliphatic carbocycles. The van der Waals surface area contributed by atoms with Gasteiger partial charge in [0, 0.05) is 31.0 Å². The van der Waals surface area contributed by atoms with E-state index in [1.807, 2.05) is 0 Å². The van der Waals surface area contributed by atoms with E-state index >= 15 is 0 Å². The van der Waals surface area contributed by atoms with Crippen molar-refractivity contribution < 1.29 is 8.42 Å². The monoisotopic (exact) mass is 348 g/mol. The minimum Gasteiger partial charge on any atom is -0.337 e. The molecule has 0 atom stereocenters. The number of aryl methyl sites for hydroxylation is 1. The van der Waals surface area contributed by atoms with Crippen LogP contribution in [0, 0.1) is 0 Å². The SMILES string of the molecule is Cn1ccnc1CNS(=O)(=O)c1cc(Cl)cc(CN)c1Cl. The lowest BCUT2D eigenvalue weighted by Crippen LogP contribution is -2.25. The Balaban J connectivity index is 2.32. The van der Waals surface area contributed by atoms with Crippen molar-refractivity contribution in [2.45, 2.75) is 18.0 Å². The van der Waals surface area contributed by atoms with Crippen LogP contribution in [-0.2, 0) is 30.2 Å². The maximum Gasteiger partial charge on any atom is 0.242 e. The quantitative estimate of drug-likeness (QED) is 0.859. The van der Waals surface area contributed by atoms with Crippen LogP contribution in [0.4, 0.5) is 0 Å². The molecule has 6 nitrogen and oxygen atoms in total. The maximum absolute atomic E-state index is 12.3. The third kappa shape index (κ3) is 3.56. The molecule has 0 radical (unpaired) electrons. The normalized spacial score (nSPS) is 11.8. The molecule has 9 heteroatoms. The topological polar surface area (TPSA) is 90.0 Å². The third-order valence-corrected chi connectivity index (χ3v) is 5.13. The van der Waals surface area contributed by atoms with Gasteiger partial charge >= 0.3 is 0 Å². The first-order valence-corrected chi connectivity index (χ1v) is 8.23. The first kappa shape index (κ1) is 16.3. The highest BCUT2D eigenvalue weighted by Gasteiger charge is 2.21. The molecule has 1 aromatic carbocycles. The zero-order valence-corrected chi connectivity index (χ0v) is 13.5. The minimum absolute atomic E-state index is 0.0482. The first-order chi connectivity index (χ1) is 9.85. The van der Waals surface area contributed by atoms with Crippen molar-refractivity contribution in [1.29, 1.82) is 0 Å². The summed E-state index contributed by atoms with van der Waals surface area (Å²) in [4.78, 5) is 3.95. The molecule has 2 aromatic rings. The van der Waals surface area contributed by atoms with E-state index in [1.54, 1.807) is 30.1 Å². The number of nitrogens with one attached hydrogen (secondary N) is 1. The van der Waals surface area contributed by atoms with E-state index in [4.69, 9.17) is 28.9 Å². The standard InChI is InChI=1S/C12H14Cl2N4O2S/c1-18-3-2-16-11(18)7-17-21(19,20)10-5-9(13)4-8(6-15)12(10)14/h2-5,17H,6-7,15H2,1H3. The summed E-state index contributed by atoms with van der Waals surface area (Å²) < 4.78 is 28.9. The molecular weight excluding hydrogens is 335 g/mol. The summed E-state index contributed by atoms with van der Waals surface area (Å²) in [6.07, 6.45) is 3.31.